The first-order chi connectivity index (χ1) is 8.09. The van der Waals surface area contributed by atoms with E-state index in [4.69, 9.17) is 0 Å². The molecular weight excluding hydrogens is 214 g/mol. The van der Waals surface area contributed by atoms with Crippen LogP contribution in [0.15, 0.2) is 36.5 Å². The highest BCUT2D eigenvalue weighted by Crippen LogP contribution is 2.23. The first-order valence-corrected chi connectivity index (χ1v) is 5.53. The van der Waals surface area contributed by atoms with Gasteiger partial charge in [0, 0.05) is 33.0 Å². The molecule has 4 heteroatoms. The van der Waals surface area contributed by atoms with Crippen molar-refractivity contribution in [3.8, 4) is 0 Å². The number of rotatable bonds is 3. The van der Waals surface area contributed by atoms with E-state index in [-0.39, 0.29) is 0 Å². The summed E-state index contributed by atoms with van der Waals surface area (Å²) in [6.45, 7) is 0. The molecule has 0 spiro atoms. The Hall–Kier alpha value is -1.81. The van der Waals surface area contributed by atoms with Crippen molar-refractivity contribution in [2.45, 2.75) is 6.10 Å². The van der Waals surface area contributed by atoms with Crippen LogP contribution in [-0.2, 0) is 7.05 Å². The summed E-state index contributed by atoms with van der Waals surface area (Å²) < 4.78 is 1.69. The number of hydrogen-bond donors (Lipinski definition) is 1. The van der Waals surface area contributed by atoms with Crippen LogP contribution in [-0.4, -0.2) is 29.0 Å². The third kappa shape index (κ3) is 2.31. The van der Waals surface area contributed by atoms with Crippen LogP contribution in [0, 0.1) is 0 Å². The Morgan fingerprint density at radius 3 is 2.29 bits per heavy atom. The molecule has 4 nitrogen and oxygen atoms in total. The van der Waals surface area contributed by atoms with Crippen molar-refractivity contribution in [1.29, 1.82) is 0 Å². The molecular formula is C13H17N3O. The molecule has 0 saturated heterocycles. The summed E-state index contributed by atoms with van der Waals surface area (Å²) in [5.74, 6) is 0. The Kier molecular flexibility index (Phi) is 3.15. The van der Waals surface area contributed by atoms with Gasteiger partial charge in [0.25, 0.3) is 0 Å². The minimum absolute atomic E-state index is 0.626. The smallest absolute Gasteiger partial charge is 0.121 e. The Bertz CT molecular complexity index is 488. The van der Waals surface area contributed by atoms with Crippen molar-refractivity contribution in [1.82, 2.24) is 9.78 Å². The van der Waals surface area contributed by atoms with Gasteiger partial charge in [-0.05, 0) is 23.8 Å². The number of anilines is 1. The molecule has 1 aromatic heterocycles. The lowest BCUT2D eigenvalue weighted by Crippen LogP contribution is -2.09. The summed E-state index contributed by atoms with van der Waals surface area (Å²) in [6, 6.07) is 9.69. The number of aryl methyl sites for hydroxylation is 1. The van der Waals surface area contributed by atoms with E-state index in [2.05, 4.69) is 5.10 Å². The Balaban J connectivity index is 2.26. The standard InChI is InChI=1S/C13H17N3O/c1-15(2)11-6-4-10(5-7-11)13(17)12-8-9-14-16(12)3/h4-9,13,17H,1-3H3. The van der Waals surface area contributed by atoms with E-state index in [0.717, 1.165) is 16.9 Å². The first kappa shape index (κ1) is 11.7. The van der Waals surface area contributed by atoms with Gasteiger partial charge < -0.3 is 10.0 Å². The van der Waals surface area contributed by atoms with Gasteiger partial charge in [-0.3, -0.25) is 4.68 Å². The Morgan fingerprint density at radius 2 is 1.82 bits per heavy atom. The topological polar surface area (TPSA) is 41.3 Å². The molecule has 2 aromatic rings. The maximum Gasteiger partial charge on any atom is 0.121 e. The molecule has 0 aliphatic rings. The zero-order valence-corrected chi connectivity index (χ0v) is 10.3. The summed E-state index contributed by atoms with van der Waals surface area (Å²) >= 11 is 0. The maximum atomic E-state index is 10.2. The second-order valence-electron chi connectivity index (χ2n) is 4.27. The predicted molar refractivity (Wildman–Crippen MR) is 68.0 cm³/mol. The monoisotopic (exact) mass is 231 g/mol. The van der Waals surface area contributed by atoms with Gasteiger partial charge in [0.05, 0.1) is 5.69 Å². The molecule has 0 bridgehead atoms. The molecule has 1 heterocycles. The second kappa shape index (κ2) is 4.59. The summed E-state index contributed by atoms with van der Waals surface area (Å²) in [5, 5.41) is 14.3. The van der Waals surface area contributed by atoms with Gasteiger partial charge in [-0.15, -0.1) is 0 Å². The van der Waals surface area contributed by atoms with Crippen molar-refractivity contribution < 1.29 is 5.11 Å². The number of aliphatic hydroxyl groups is 1. The third-order valence-electron chi connectivity index (χ3n) is 2.86. The molecule has 2 rings (SSSR count). The van der Waals surface area contributed by atoms with Crippen LogP contribution in [0.2, 0.25) is 0 Å². The predicted octanol–water partition coefficient (Wildman–Crippen LogP) is 1.57. The number of aliphatic hydroxyl groups excluding tert-OH is 1. The average Bonchev–Trinajstić information content (AvgIpc) is 2.74. The van der Waals surface area contributed by atoms with E-state index in [0.29, 0.717) is 0 Å². The van der Waals surface area contributed by atoms with Gasteiger partial charge in [-0.25, -0.2) is 0 Å². The highest BCUT2D eigenvalue weighted by Gasteiger charge is 2.13. The van der Waals surface area contributed by atoms with Gasteiger partial charge >= 0.3 is 0 Å². The van der Waals surface area contributed by atoms with Crippen LogP contribution in [0.5, 0.6) is 0 Å². The molecule has 0 fully saturated rings. The van der Waals surface area contributed by atoms with Crippen molar-refractivity contribution in [3.63, 3.8) is 0 Å². The number of hydrogen-bond acceptors (Lipinski definition) is 3. The summed E-state index contributed by atoms with van der Waals surface area (Å²) in [4.78, 5) is 2.03. The van der Waals surface area contributed by atoms with E-state index in [1.807, 2.05) is 56.4 Å². The lowest BCUT2D eigenvalue weighted by Gasteiger charge is -2.15. The van der Waals surface area contributed by atoms with Gasteiger partial charge in [-0.1, -0.05) is 12.1 Å². The molecule has 17 heavy (non-hydrogen) atoms. The van der Waals surface area contributed by atoms with Gasteiger partial charge in [-0.2, -0.15) is 5.10 Å². The third-order valence-corrected chi connectivity index (χ3v) is 2.86. The van der Waals surface area contributed by atoms with Crippen LogP contribution in [0.4, 0.5) is 5.69 Å². The SMILES string of the molecule is CN(C)c1ccc(C(O)c2ccnn2C)cc1. The molecule has 1 N–H and O–H groups in total. The lowest BCUT2D eigenvalue weighted by atomic mass is 10.1. The number of benzene rings is 1. The van der Waals surface area contributed by atoms with Crippen LogP contribution >= 0.6 is 0 Å². The summed E-state index contributed by atoms with van der Waals surface area (Å²) in [7, 11) is 5.81. The fourth-order valence-corrected chi connectivity index (χ4v) is 1.78. The van der Waals surface area contributed by atoms with Crippen LogP contribution < -0.4 is 4.90 Å². The lowest BCUT2D eigenvalue weighted by molar-refractivity contribution is 0.210. The van der Waals surface area contributed by atoms with E-state index in [1.165, 1.54) is 0 Å². The van der Waals surface area contributed by atoms with Gasteiger partial charge in [0.2, 0.25) is 0 Å². The first-order valence-electron chi connectivity index (χ1n) is 5.53. The second-order valence-corrected chi connectivity index (χ2v) is 4.27. The van der Waals surface area contributed by atoms with Crippen molar-refractivity contribution in [3.05, 3.63) is 47.8 Å². The normalized spacial score (nSPS) is 12.5. The maximum absolute atomic E-state index is 10.2. The van der Waals surface area contributed by atoms with Gasteiger partial charge in [0.1, 0.15) is 6.10 Å². The molecule has 1 aromatic carbocycles. The molecule has 1 atom stereocenters. The zero-order chi connectivity index (χ0) is 12.4. The average molecular weight is 231 g/mol. The Morgan fingerprint density at radius 1 is 1.18 bits per heavy atom. The molecule has 90 valence electrons. The fraction of sp³-hybridized carbons (Fsp3) is 0.308. The van der Waals surface area contributed by atoms with Crippen molar-refractivity contribution in [2.24, 2.45) is 7.05 Å². The van der Waals surface area contributed by atoms with E-state index in [9.17, 15) is 5.11 Å². The molecule has 0 aliphatic carbocycles. The molecule has 0 aliphatic heterocycles. The van der Waals surface area contributed by atoms with Crippen molar-refractivity contribution in [2.75, 3.05) is 19.0 Å². The summed E-state index contributed by atoms with van der Waals surface area (Å²) in [6.07, 6.45) is 1.06. The summed E-state index contributed by atoms with van der Waals surface area (Å²) in [5.41, 5.74) is 2.78. The van der Waals surface area contributed by atoms with Crippen LogP contribution in [0.25, 0.3) is 0 Å². The number of aromatic nitrogens is 2. The number of nitrogens with zero attached hydrogens (tertiary/aromatic N) is 3. The van der Waals surface area contributed by atoms with Crippen molar-refractivity contribution >= 4 is 5.69 Å². The quantitative estimate of drug-likeness (QED) is 0.871. The Labute approximate surface area is 101 Å². The minimum atomic E-state index is -0.626. The molecule has 0 radical (unpaired) electrons. The minimum Gasteiger partial charge on any atom is -0.382 e. The van der Waals surface area contributed by atoms with E-state index >= 15 is 0 Å². The van der Waals surface area contributed by atoms with E-state index in [1.54, 1.807) is 10.9 Å². The molecule has 0 amide bonds. The highest BCUT2D eigenvalue weighted by atomic mass is 16.3. The molecule has 1 unspecified atom stereocenters. The largest absolute Gasteiger partial charge is 0.382 e. The zero-order valence-electron chi connectivity index (χ0n) is 10.3. The highest BCUT2D eigenvalue weighted by molar-refractivity contribution is 5.47. The van der Waals surface area contributed by atoms with Crippen LogP contribution in [0.3, 0.4) is 0 Å². The van der Waals surface area contributed by atoms with Gasteiger partial charge in [0.15, 0.2) is 0 Å². The van der Waals surface area contributed by atoms with Crippen LogP contribution in [0.1, 0.15) is 17.4 Å². The van der Waals surface area contributed by atoms with E-state index < -0.39 is 6.10 Å². The fourth-order valence-electron chi connectivity index (χ4n) is 1.78. The molecule has 0 saturated carbocycles.